The van der Waals surface area contributed by atoms with E-state index < -0.39 is 15.3 Å². The summed E-state index contributed by atoms with van der Waals surface area (Å²) in [4.78, 5) is 3.49. The lowest BCUT2D eigenvalue weighted by Crippen LogP contribution is -2.45. The first-order valence-electron chi connectivity index (χ1n) is 8.67. The fourth-order valence-corrected chi connectivity index (χ4v) is 5.90. The molecule has 3 unspecified atom stereocenters. The Hall–Kier alpha value is -1.37. The summed E-state index contributed by atoms with van der Waals surface area (Å²) in [6, 6.07) is 6.37. The van der Waals surface area contributed by atoms with Gasteiger partial charge < -0.3 is 9.72 Å². The lowest BCUT2D eigenvalue weighted by molar-refractivity contribution is 0.126. The fourth-order valence-electron chi connectivity index (χ4n) is 4.07. The Morgan fingerprint density at radius 2 is 2.12 bits per heavy atom. The van der Waals surface area contributed by atoms with E-state index in [1.54, 1.807) is 0 Å². The van der Waals surface area contributed by atoms with Gasteiger partial charge in [0.1, 0.15) is 5.25 Å². The minimum atomic E-state index is -3.34. The SMILES string of the molecule is Cc1ccc2[nH]c3c(c2c1)CC(NS(=O)(=O)C1CCOC1C)CC3. The molecule has 0 amide bonds. The Morgan fingerprint density at radius 3 is 2.88 bits per heavy atom. The van der Waals surface area contributed by atoms with E-state index in [2.05, 4.69) is 34.8 Å². The number of fused-ring (bicyclic) bond motifs is 3. The van der Waals surface area contributed by atoms with Gasteiger partial charge in [-0.15, -0.1) is 0 Å². The van der Waals surface area contributed by atoms with E-state index in [-0.39, 0.29) is 12.1 Å². The number of H-pyrrole nitrogens is 1. The van der Waals surface area contributed by atoms with E-state index >= 15 is 0 Å². The maximum Gasteiger partial charge on any atom is 0.217 e. The van der Waals surface area contributed by atoms with Crippen LogP contribution in [0.4, 0.5) is 0 Å². The lowest BCUT2D eigenvalue weighted by Gasteiger charge is -2.26. The maximum absolute atomic E-state index is 12.7. The van der Waals surface area contributed by atoms with Gasteiger partial charge in [-0.25, -0.2) is 13.1 Å². The van der Waals surface area contributed by atoms with E-state index in [0.29, 0.717) is 13.0 Å². The minimum absolute atomic E-state index is 0.0326. The van der Waals surface area contributed by atoms with E-state index in [4.69, 9.17) is 4.74 Å². The van der Waals surface area contributed by atoms with Crippen LogP contribution in [0.25, 0.3) is 10.9 Å². The summed E-state index contributed by atoms with van der Waals surface area (Å²) in [5.74, 6) is 0. The Labute approximate surface area is 142 Å². The minimum Gasteiger partial charge on any atom is -0.377 e. The first-order valence-corrected chi connectivity index (χ1v) is 10.2. The van der Waals surface area contributed by atoms with Gasteiger partial charge >= 0.3 is 0 Å². The standard InChI is InChI=1S/C18H24N2O3S/c1-11-3-5-16-14(9-11)15-10-13(4-6-17(15)19-16)20-24(21,22)18-7-8-23-12(18)2/h3,5,9,12-13,18-20H,4,6-8,10H2,1-2H3. The number of sulfonamides is 1. The first kappa shape index (κ1) is 16.1. The van der Waals surface area contributed by atoms with Crippen LogP contribution >= 0.6 is 0 Å². The zero-order valence-electron chi connectivity index (χ0n) is 14.1. The maximum atomic E-state index is 12.7. The zero-order valence-corrected chi connectivity index (χ0v) is 14.9. The van der Waals surface area contributed by atoms with Crippen LogP contribution in [0.2, 0.25) is 0 Å². The summed E-state index contributed by atoms with van der Waals surface area (Å²) in [6.45, 7) is 4.46. The quantitative estimate of drug-likeness (QED) is 0.895. The van der Waals surface area contributed by atoms with Crippen LogP contribution in [0.1, 0.15) is 36.6 Å². The first-order chi connectivity index (χ1) is 11.4. The number of benzene rings is 1. The highest BCUT2D eigenvalue weighted by atomic mass is 32.2. The van der Waals surface area contributed by atoms with Crippen molar-refractivity contribution in [2.75, 3.05) is 6.61 Å². The second-order valence-corrected chi connectivity index (χ2v) is 9.07. The van der Waals surface area contributed by atoms with Crippen molar-refractivity contribution in [2.24, 2.45) is 0 Å². The van der Waals surface area contributed by atoms with Gasteiger partial charge in [0.25, 0.3) is 0 Å². The number of ether oxygens (including phenoxy) is 1. The second-order valence-electron chi connectivity index (χ2n) is 7.14. The molecule has 130 valence electrons. The van der Waals surface area contributed by atoms with E-state index in [9.17, 15) is 8.42 Å². The summed E-state index contributed by atoms with van der Waals surface area (Å²) < 4.78 is 33.7. The summed E-state index contributed by atoms with van der Waals surface area (Å²) in [5, 5.41) is 0.801. The van der Waals surface area contributed by atoms with Crippen LogP contribution in [-0.4, -0.2) is 37.4 Å². The Balaban J connectivity index is 1.58. The van der Waals surface area contributed by atoms with E-state index in [1.807, 2.05) is 6.92 Å². The topological polar surface area (TPSA) is 71.2 Å². The molecule has 4 rings (SSSR count). The largest absolute Gasteiger partial charge is 0.377 e. The molecule has 0 spiro atoms. The third-order valence-electron chi connectivity index (χ3n) is 5.38. The van der Waals surface area contributed by atoms with E-state index in [1.165, 1.54) is 22.2 Å². The fraction of sp³-hybridized carbons (Fsp3) is 0.556. The van der Waals surface area contributed by atoms with Crippen LogP contribution in [0.3, 0.4) is 0 Å². The number of nitrogens with one attached hydrogen (secondary N) is 2. The average molecular weight is 348 g/mol. The highest BCUT2D eigenvalue weighted by Crippen LogP contribution is 2.30. The molecule has 1 aliphatic carbocycles. The Morgan fingerprint density at radius 1 is 1.29 bits per heavy atom. The summed E-state index contributed by atoms with van der Waals surface area (Å²) in [7, 11) is -3.34. The van der Waals surface area contributed by atoms with Crippen molar-refractivity contribution >= 4 is 20.9 Å². The molecule has 2 heterocycles. The summed E-state index contributed by atoms with van der Waals surface area (Å²) in [6.07, 6.45) is 2.82. The molecule has 1 aromatic heterocycles. The van der Waals surface area contributed by atoms with Crippen molar-refractivity contribution in [1.82, 2.24) is 9.71 Å². The molecular weight excluding hydrogens is 324 g/mol. The number of rotatable bonds is 3. The van der Waals surface area contributed by atoms with Gasteiger partial charge in [0.2, 0.25) is 10.0 Å². The summed E-state index contributed by atoms with van der Waals surface area (Å²) >= 11 is 0. The Kier molecular flexibility index (Phi) is 3.94. The molecule has 0 bridgehead atoms. The van der Waals surface area contributed by atoms with Crippen LogP contribution in [-0.2, 0) is 27.6 Å². The molecule has 2 N–H and O–H groups in total. The predicted octanol–water partition coefficient (Wildman–Crippen LogP) is 2.43. The third kappa shape index (κ3) is 2.76. The third-order valence-corrected chi connectivity index (χ3v) is 7.46. The van der Waals surface area contributed by atoms with Crippen molar-refractivity contribution in [3.05, 3.63) is 35.0 Å². The molecular formula is C18H24N2O3S. The number of aromatic nitrogens is 1. The molecule has 2 aliphatic rings. The smallest absolute Gasteiger partial charge is 0.217 e. The van der Waals surface area contributed by atoms with Crippen LogP contribution in [0.15, 0.2) is 18.2 Å². The van der Waals surface area contributed by atoms with Gasteiger partial charge in [0, 0.05) is 29.2 Å². The average Bonchev–Trinajstić information content (AvgIpc) is 3.11. The van der Waals surface area contributed by atoms with Gasteiger partial charge in [-0.3, -0.25) is 0 Å². The number of aryl methyl sites for hydroxylation is 2. The van der Waals surface area contributed by atoms with Gasteiger partial charge in [0.05, 0.1) is 6.10 Å². The lowest BCUT2D eigenvalue weighted by atomic mass is 9.92. The van der Waals surface area contributed by atoms with Crippen molar-refractivity contribution in [2.45, 2.75) is 56.9 Å². The Bertz CT molecular complexity index is 872. The molecule has 2 aromatic rings. The molecule has 1 aromatic carbocycles. The molecule has 1 fully saturated rings. The molecule has 6 heteroatoms. The molecule has 3 atom stereocenters. The highest BCUT2D eigenvalue weighted by molar-refractivity contribution is 7.90. The molecule has 0 saturated carbocycles. The summed E-state index contributed by atoms with van der Waals surface area (Å²) in [5.41, 5.74) is 4.89. The van der Waals surface area contributed by atoms with Crippen molar-refractivity contribution < 1.29 is 13.2 Å². The number of hydrogen-bond acceptors (Lipinski definition) is 3. The van der Waals surface area contributed by atoms with Crippen molar-refractivity contribution in [1.29, 1.82) is 0 Å². The molecule has 1 aliphatic heterocycles. The normalized spacial score (nSPS) is 27.5. The molecule has 1 saturated heterocycles. The van der Waals surface area contributed by atoms with Gasteiger partial charge in [-0.05, 0) is 57.2 Å². The second kappa shape index (κ2) is 5.86. The molecule has 5 nitrogen and oxygen atoms in total. The van der Waals surface area contributed by atoms with Crippen molar-refractivity contribution in [3.63, 3.8) is 0 Å². The van der Waals surface area contributed by atoms with E-state index in [0.717, 1.165) is 24.8 Å². The van der Waals surface area contributed by atoms with Crippen LogP contribution < -0.4 is 4.72 Å². The van der Waals surface area contributed by atoms with Gasteiger partial charge in [-0.1, -0.05) is 11.6 Å². The van der Waals surface area contributed by atoms with Gasteiger partial charge in [-0.2, -0.15) is 0 Å². The van der Waals surface area contributed by atoms with Crippen LogP contribution in [0.5, 0.6) is 0 Å². The van der Waals surface area contributed by atoms with Gasteiger partial charge in [0.15, 0.2) is 0 Å². The number of aromatic amines is 1. The highest BCUT2D eigenvalue weighted by Gasteiger charge is 2.37. The number of hydrogen-bond donors (Lipinski definition) is 2. The molecule has 0 radical (unpaired) electrons. The molecule has 24 heavy (non-hydrogen) atoms. The van der Waals surface area contributed by atoms with Crippen LogP contribution in [0, 0.1) is 6.92 Å². The zero-order chi connectivity index (χ0) is 16.9. The van der Waals surface area contributed by atoms with Crippen molar-refractivity contribution in [3.8, 4) is 0 Å². The monoisotopic (exact) mass is 348 g/mol. The predicted molar refractivity (Wildman–Crippen MR) is 94.7 cm³/mol.